The van der Waals surface area contributed by atoms with Crippen LogP contribution in [0, 0.1) is 18.3 Å². The molecule has 0 saturated carbocycles. The van der Waals surface area contributed by atoms with Crippen LogP contribution in [-0.4, -0.2) is 34.6 Å². The molecule has 25 heavy (non-hydrogen) atoms. The summed E-state index contributed by atoms with van der Waals surface area (Å²) in [5.41, 5.74) is 4.32. The zero-order valence-corrected chi connectivity index (χ0v) is 14.5. The van der Waals surface area contributed by atoms with E-state index in [1.54, 1.807) is 6.92 Å². The Morgan fingerprint density at radius 3 is 2.64 bits per heavy atom. The number of aliphatic hydroxyl groups excluding tert-OH is 1. The summed E-state index contributed by atoms with van der Waals surface area (Å²) in [6.07, 6.45) is 0.334. The number of benzene rings is 2. The van der Waals surface area contributed by atoms with Crippen molar-refractivity contribution in [3.05, 3.63) is 59.7 Å². The first-order valence-corrected chi connectivity index (χ1v) is 8.60. The van der Waals surface area contributed by atoms with Crippen LogP contribution in [0.2, 0.25) is 0 Å². The van der Waals surface area contributed by atoms with E-state index >= 15 is 0 Å². The zero-order valence-electron chi connectivity index (χ0n) is 14.5. The van der Waals surface area contributed by atoms with Crippen LogP contribution in [0.3, 0.4) is 0 Å². The van der Waals surface area contributed by atoms with Crippen molar-refractivity contribution >= 4 is 5.91 Å². The normalized spacial score (nSPS) is 22.2. The molecule has 3 atom stereocenters. The molecule has 3 rings (SSSR count). The van der Waals surface area contributed by atoms with Gasteiger partial charge in [-0.25, -0.2) is 0 Å². The Morgan fingerprint density at radius 1 is 1.24 bits per heavy atom. The van der Waals surface area contributed by atoms with Crippen LogP contribution < -0.4 is 0 Å². The van der Waals surface area contributed by atoms with Gasteiger partial charge >= 0.3 is 0 Å². The summed E-state index contributed by atoms with van der Waals surface area (Å²) in [7, 11) is 0. The molecule has 1 N–H and O–H groups in total. The molecular formula is C21H22N2O2. The van der Waals surface area contributed by atoms with Gasteiger partial charge in [-0.1, -0.05) is 61.0 Å². The lowest BCUT2D eigenvalue weighted by atomic mass is 9.73. The number of nitriles is 1. The van der Waals surface area contributed by atoms with Crippen LogP contribution in [0.1, 0.15) is 30.4 Å². The zero-order chi connectivity index (χ0) is 18.0. The van der Waals surface area contributed by atoms with Gasteiger partial charge < -0.3 is 10.0 Å². The summed E-state index contributed by atoms with van der Waals surface area (Å²) in [5, 5.41) is 19.5. The highest BCUT2D eigenvalue weighted by Gasteiger charge is 2.51. The maximum absolute atomic E-state index is 12.2. The van der Waals surface area contributed by atoms with Gasteiger partial charge in [0.15, 0.2) is 0 Å². The summed E-state index contributed by atoms with van der Waals surface area (Å²) >= 11 is 0. The number of nitrogens with zero attached hydrogens (tertiary/aromatic N) is 2. The van der Waals surface area contributed by atoms with Crippen molar-refractivity contribution < 1.29 is 9.90 Å². The first-order chi connectivity index (χ1) is 12.1. The van der Waals surface area contributed by atoms with Crippen LogP contribution in [0.4, 0.5) is 0 Å². The molecule has 4 heteroatoms. The molecule has 2 aromatic carbocycles. The Morgan fingerprint density at radius 2 is 2.00 bits per heavy atom. The lowest BCUT2D eigenvalue weighted by Crippen LogP contribution is -2.65. The lowest BCUT2D eigenvalue weighted by Gasteiger charge is -2.52. The van der Waals surface area contributed by atoms with Crippen molar-refractivity contribution in [1.82, 2.24) is 4.90 Å². The molecule has 0 unspecified atom stereocenters. The molecule has 1 aliphatic heterocycles. The predicted octanol–water partition coefficient (Wildman–Crippen LogP) is 3.25. The van der Waals surface area contributed by atoms with E-state index in [0.29, 0.717) is 6.42 Å². The SMILES string of the molecule is CCC(=O)N1[C@H](CO)[C@H](c2ccccc2-c2cccc(C)c2)[C@@H]1C#N. The van der Waals surface area contributed by atoms with Gasteiger partial charge in [0, 0.05) is 12.3 Å². The Bertz CT molecular complexity index is 825. The fraction of sp³-hybridized carbons (Fsp3) is 0.333. The molecule has 0 spiro atoms. The molecule has 1 fully saturated rings. The van der Waals surface area contributed by atoms with E-state index in [1.807, 2.05) is 43.3 Å². The van der Waals surface area contributed by atoms with Crippen LogP contribution >= 0.6 is 0 Å². The average Bonchev–Trinajstić information content (AvgIpc) is 2.62. The number of hydrogen-bond acceptors (Lipinski definition) is 3. The lowest BCUT2D eigenvalue weighted by molar-refractivity contribution is -0.146. The van der Waals surface area contributed by atoms with Crippen molar-refractivity contribution in [2.45, 2.75) is 38.3 Å². The number of carbonyl (C=O) groups excluding carboxylic acids is 1. The molecule has 2 aromatic rings. The number of hydrogen-bond donors (Lipinski definition) is 1. The molecule has 0 aliphatic carbocycles. The Balaban J connectivity index is 2.05. The monoisotopic (exact) mass is 334 g/mol. The third-order valence-electron chi connectivity index (χ3n) is 4.97. The van der Waals surface area contributed by atoms with Crippen molar-refractivity contribution in [3.8, 4) is 17.2 Å². The summed E-state index contributed by atoms with van der Waals surface area (Å²) < 4.78 is 0. The Labute approximate surface area is 148 Å². The minimum Gasteiger partial charge on any atom is -0.394 e. The van der Waals surface area contributed by atoms with E-state index in [4.69, 9.17) is 0 Å². The third kappa shape index (κ3) is 2.92. The summed E-state index contributed by atoms with van der Waals surface area (Å²) in [6.45, 7) is 3.68. The van der Waals surface area contributed by atoms with Gasteiger partial charge in [-0.15, -0.1) is 0 Å². The van der Waals surface area contributed by atoms with E-state index in [0.717, 1.165) is 16.7 Å². The summed E-state index contributed by atoms with van der Waals surface area (Å²) in [5.74, 6) is -0.267. The maximum Gasteiger partial charge on any atom is 0.223 e. The quantitative estimate of drug-likeness (QED) is 0.933. The van der Waals surface area contributed by atoms with Crippen LogP contribution in [0.25, 0.3) is 11.1 Å². The van der Waals surface area contributed by atoms with Gasteiger partial charge in [-0.2, -0.15) is 5.26 Å². The smallest absolute Gasteiger partial charge is 0.223 e. The molecular weight excluding hydrogens is 312 g/mol. The van der Waals surface area contributed by atoms with Crippen LogP contribution in [0.5, 0.6) is 0 Å². The van der Waals surface area contributed by atoms with E-state index in [2.05, 4.69) is 18.2 Å². The number of aliphatic hydroxyl groups is 1. The third-order valence-corrected chi connectivity index (χ3v) is 4.97. The fourth-order valence-corrected chi connectivity index (χ4v) is 3.77. The van der Waals surface area contributed by atoms with E-state index in [-0.39, 0.29) is 24.5 Å². The van der Waals surface area contributed by atoms with Crippen molar-refractivity contribution in [2.75, 3.05) is 6.61 Å². The highest BCUT2D eigenvalue weighted by Crippen LogP contribution is 2.44. The number of aryl methyl sites for hydroxylation is 1. The number of carbonyl (C=O) groups is 1. The predicted molar refractivity (Wildman–Crippen MR) is 96.8 cm³/mol. The molecule has 1 amide bonds. The second-order valence-corrected chi connectivity index (χ2v) is 6.46. The van der Waals surface area contributed by atoms with Gasteiger partial charge in [-0.05, 0) is 23.6 Å². The molecule has 128 valence electrons. The molecule has 1 aliphatic rings. The molecule has 0 aromatic heterocycles. The van der Waals surface area contributed by atoms with Gasteiger partial charge in [0.2, 0.25) is 5.91 Å². The summed E-state index contributed by atoms with van der Waals surface area (Å²) in [4.78, 5) is 13.7. The summed E-state index contributed by atoms with van der Waals surface area (Å²) in [6, 6.07) is 17.6. The maximum atomic E-state index is 12.2. The minimum atomic E-state index is -0.532. The molecule has 0 radical (unpaired) electrons. The first kappa shape index (κ1) is 17.2. The molecule has 1 saturated heterocycles. The average molecular weight is 334 g/mol. The van der Waals surface area contributed by atoms with E-state index < -0.39 is 6.04 Å². The Kier molecular flexibility index (Phi) is 4.87. The molecule has 4 nitrogen and oxygen atoms in total. The fourth-order valence-electron chi connectivity index (χ4n) is 3.77. The van der Waals surface area contributed by atoms with Crippen LogP contribution in [-0.2, 0) is 4.79 Å². The second-order valence-electron chi connectivity index (χ2n) is 6.46. The van der Waals surface area contributed by atoms with E-state index in [9.17, 15) is 15.2 Å². The largest absolute Gasteiger partial charge is 0.394 e. The molecule has 0 bridgehead atoms. The number of likely N-dealkylation sites (tertiary alicyclic amines) is 1. The highest BCUT2D eigenvalue weighted by atomic mass is 16.3. The standard InChI is InChI=1S/C21H22N2O2/c1-3-20(25)23-18(12-22)21(19(23)13-24)17-10-5-4-9-16(17)15-8-6-7-14(2)11-15/h4-11,18-19,21,24H,3,13H2,1-2H3/t18-,19+,21+/m0/s1. The van der Waals surface area contributed by atoms with Gasteiger partial charge in [0.1, 0.15) is 6.04 Å². The van der Waals surface area contributed by atoms with Gasteiger partial charge in [0.05, 0.1) is 18.7 Å². The topological polar surface area (TPSA) is 64.3 Å². The molecule has 1 heterocycles. The van der Waals surface area contributed by atoms with Crippen molar-refractivity contribution in [2.24, 2.45) is 0 Å². The highest BCUT2D eigenvalue weighted by molar-refractivity contribution is 5.80. The Hall–Kier alpha value is -2.64. The van der Waals surface area contributed by atoms with Gasteiger partial charge in [0.25, 0.3) is 0 Å². The number of rotatable bonds is 4. The van der Waals surface area contributed by atoms with E-state index in [1.165, 1.54) is 10.5 Å². The van der Waals surface area contributed by atoms with Crippen LogP contribution in [0.15, 0.2) is 48.5 Å². The van der Waals surface area contributed by atoms with Gasteiger partial charge in [-0.3, -0.25) is 4.79 Å². The second kappa shape index (κ2) is 7.08. The van der Waals surface area contributed by atoms with Crippen molar-refractivity contribution in [1.29, 1.82) is 5.26 Å². The minimum absolute atomic E-state index is 0.0881. The number of amides is 1. The van der Waals surface area contributed by atoms with Crippen molar-refractivity contribution in [3.63, 3.8) is 0 Å². The first-order valence-electron chi connectivity index (χ1n) is 8.60.